The second kappa shape index (κ2) is 9.84. The highest BCUT2D eigenvalue weighted by atomic mass is 19.1. The van der Waals surface area contributed by atoms with E-state index in [-0.39, 0.29) is 18.0 Å². The molecule has 42 heavy (non-hydrogen) atoms. The van der Waals surface area contributed by atoms with Gasteiger partial charge >= 0.3 is 0 Å². The summed E-state index contributed by atoms with van der Waals surface area (Å²) in [5.74, 6) is 1.37. The van der Waals surface area contributed by atoms with Crippen molar-refractivity contribution in [2.24, 2.45) is 5.92 Å². The number of carbonyl (C=O) groups excluding carboxylic acids is 1. The van der Waals surface area contributed by atoms with Crippen LogP contribution in [0.4, 0.5) is 4.39 Å². The molecule has 1 aromatic carbocycles. The summed E-state index contributed by atoms with van der Waals surface area (Å²) in [4.78, 5) is 20.7. The molecule has 2 aliphatic carbocycles. The fourth-order valence-electron chi connectivity index (χ4n) is 8.09. The Kier molecular flexibility index (Phi) is 6.15. The van der Waals surface area contributed by atoms with E-state index in [1.54, 1.807) is 6.92 Å². The van der Waals surface area contributed by atoms with E-state index < -0.39 is 6.17 Å². The number of allylic oxidation sites excluding steroid dienone is 3. The molecule has 1 N–H and O–H groups in total. The molecule has 4 unspecified atom stereocenters. The Hall–Kier alpha value is -3.38. The third kappa shape index (κ3) is 4.24. The van der Waals surface area contributed by atoms with Crippen molar-refractivity contribution in [3.8, 4) is 11.1 Å². The first kappa shape index (κ1) is 26.3. The molecule has 3 fully saturated rings. The summed E-state index contributed by atoms with van der Waals surface area (Å²) in [6.07, 6.45) is 13.7. The standard InChI is InChI=1S/C36H40FN4O/c1-20(2)31(37)16-34-33-15-26(18-41(33)34)36(42)40-10-8-23-12-24(13-29(30(23)19-40)32-5-4-9-38-32)25-14-28-21(3)11-22-6-7-27(22)35(28)39-17-25/h11-15,17-18,22,27,31-34,38H,1,4-10,16,19H2,2-3H3/q+1/t22-,27?,31?,32-,33?,34?/m0/s1. The number of benzene rings is 1. The predicted octanol–water partition coefficient (Wildman–Crippen LogP) is 6.05. The first-order chi connectivity index (χ1) is 20.4. The first-order valence-corrected chi connectivity index (χ1v) is 15.9. The first-order valence-electron chi connectivity index (χ1n) is 15.9. The molecule has 1 saturated carbocycles. The molecule has 5 nitrogen and oxygen atoms in total. The van der Waals surface area contributed by atoms with Crippen LogP contribution in [-0.4, -0.2) is 57.9 Å². The van der Waals surface area contributed by atoms with Gasteiger partial charge < -0.3 is 10.2 Å². The van der Waals surface area contributed by atoms with Gasteiger partial charge in [-0.25, -0.2) is 8.97 Å². The summed E-state index contributed by atoms with van der Waals surface area (Å²) in [6.45, 7) is 10.1. The highest BCUT2D eigenvalue weighted by Gasteiger charge is 2.58. The van der Waals surface area contributed by atoms with Gasteiger partial charge in [-0.15, -0.1) is 0 Å². The van der Waals surface area contributed by atoms with Crippen molar-refractivity contribution in [2.45, 2.75) is 89.1 Å². The van der Waals surface area contributed by atoms with Gasteiger partial charge in [-0.1, -0.05) is 18.7 Å². The van der Waals surface area contributed by atoms with Crippen molar-refractivity contribution in [1.29, 1.82) is 0 Å². The second-order valence-electron chi connectivity index (χ2n) is 13.5. The van der Waals surface area contributed by atoms with Crippen LogP contribution in [0.2, 0.25) is 0 Å². The number of pyridine rings is 1. The van der Waals surface area contributed by atoms with E-state index in [9.17, 15) is 9.18 Å². The molecule has 0 radical (unpaired) electrons. The zero-order chi connectivity index (χ0) is 28.7. The highest BCUT2D eigenvalue weighted by Crippen LogP contribution is 2.49. The Morgan fingerprint density at radius 3 is 2.81 bits per heavy atom. The number of nitrogens with one attached hydrogen (secondary N) is 1. The van der Waals surface area contributed by atoms with E-state index >= 15 is 0 Å². The van der Waals surface area contributed by atoms with Crippen molar-refractivity contribution in [3.63, 3.8) is 0 Å². The lowest BCUT2D eigenvalue weighted by Gasteiger charge is -2.39. The molecule has 5 heterocycles. The van der Waals surface area contributed by atoms with Gasteiger partial charge in [-0.2, -0.15) is 0 Å². The zero-order valence-corrected chi connectivity index (χ0v) is 24.7. The maximum absolute atomic E-state index is 14.2. The number of fused-ring (bicyclic) bond motifs is 5. The number of amides is 1. The van der Waals surface area contributed by atoms with Crippen LogP contribution in [-0.2, 0) is 17.8 Å². The van der Waals surface area contributed by atoms with Crippen LogP contribution in [0.1, 0.15) is 85.9 Å². The van der Waals surface area contributed by atoms with E-state index in [1.165, 1.54) is 63.9 Å². The molecular formula is C36H40FN4O+. The van der Waals surface area contributed by atoms with E-state index in [4.69, 9.17) is 4.98 Å². The Morgan fingerprint density at radius 1 is 1.21 bits per heavy atom. The molecule has 1 aromatic heterocycles. The monoisotopic (exact) mass is 563 g/mol. The Morgan fingerprint density at radius 2 is 2.10 bits per heavy atom. The van der Waals surface area contributed by atoms with Crippen LogP contribution < -0.4 is 5.32 Å². The van der Waals surface area contributed by atoms with Gasteiger partial charge in [0.1, 0.15) is 11.7 Å². The maximum Gasteiger partial charge on any atom is 0.260 e. The summed E-state index contributed by atoms with van der Waals surface area (Å²) in [7, 11) is 0. The number of nitrogens with zero attached hydrogens (tertiary/aromatic N) is 3. The van der Waals surface area contributed by atoms with Gasteiger partial charge in [0.05, 0.1) is 12.1 Å². The van der Waals surface area contributed by atoms with Crippen molar-refractivity contribution in [2.75, 3.05) is 13.1 Å². The minimum absolute atomic E-state index is 0.0909. The number of rotatable bonds is 6. The fourth-order valence-corrected chi connectivity index (χ4v) is 8.09. The lowest BCUT2D eigenvalue weighted by molar-refractivity contribution is -0.367. The fraction of sp³-hybridized carbons (Fsp3) is 0.472. The lowest BCUT2D eigenvalue weighted by atomic mass is 9.66. The average Bonchev–Trinajstić information content (AvgIpc) is 3.37. The Labute approximate surface area is 247 Å². The predicted molar refractivity (Wildman–Crippen MR) is 164 cm³/mol. The maximum atomic E-state index is 14.2. The van der Waals surface area contributed by atoms with E-state index in [0.717, 1.165) is 25.0 Å². The largest absolute Gasteiger partial charge is 0.334 e. The number of hydrogen-bond acceptors (Lipinski definition) is 3. The number of halogens is 1. The van der Waals surface area contributed by atoms with Crippen LogP contribution >= 0.6 is 0 Å². The smallest absolute Gasteiger partial charge is 0.260 e. The van der Waals surface area contributed by atoms with Crippen LogP contribution in [0.15, 0.2) is 54.3 Å². The molecule has 4 aliphatic heterocycles. The molecule has 1 amide bonds. The third-order valence-corrected chi connectivity index (χ3v) is 10.8. The van der Waals surface area contributed by atoms with E-state index in [1.807, 2.05) is 17.2 Å². The summed E-state index contributed by atoms with van der Waals surface area (Å²) in [5, 5.41) is 3.73. The second-order valence-corrected chi connectivity index (χ2v) is 13.5. The summed E-state index contributed by atoms with van der Waals surface area (Å²) < 4.78 is 16.3. The third-order valence-electron chi connectivity index (χ3n) is 10.8. The van der Waals surface area contributed by atoms with Gasteiger partial charge in [-0.3, -0.25) is 9.78 Å². The van der Waals surface area contributed by atoms with Crippen molar-refractivity contribution in [3.05, 3.63) is 82.2 Å². The molecule has 0 bridgehead atoms. The molecule has 0 spiro atoms. The number of alkyl halides is 1. The average molecular weight is 564 g/mol. The van der Waals surface area contributed by atoms with Gasteiger partial charge in [0, 0.05) is 42.9 Å². The minimum atomic E-state index is -0.986. The summed E-state index contributed by atoms with van der Waals surface area (Å²) >= 11 is 0. The van der Waals surface area contributed by atoms with Crippen molar-refractivity contribution < 1.29 is 13.8 Å². The molecule has 6 aliphatic rings. The number of hydrogen-bond donors (Lipinski definition) is 1. The summed E-state index contributed by atoms with van der Waals surface area (Å²) in [6, 6.07) is 7.71. The number of aromatic nitrogens is 1. The molecule has 2 saturated heterocycles. The van der Waals surface area contributed by atoms with Gasteiger partial charge in [0.15, 0.2) is 6.21 Å². The summed E-state index contributed by atoms with van der Waals surface area (Å²) in [5.41, 5.74) is 11.7. The zero-order valence-electron chi connectivity index (χ0n) is 24.7. The van der Waals surface area contributed by atoms with Crippen LogP contribution in [0, 0.1) is 5.92 Å². The molecule has 216 valence electrons. The van der Waals surface area contributed by atoms with Crippen molar-refractivity contribution >= 4 is 17.7 Å². The SMILES string of the molecule is C=C(C)C(F)CC1C2C=C(C(=O)N3CCc4cc(-c5cnc6c(c5)C(C)=C[C@@H]5CCC65)cc([C@@H]5CCCN5)c4C3)C=[N+]21. The van der Waals surface area contributed by atoms with Crippen LogP contribution in [0.3, 0.4) is 0 Å². The van der Waals surface area contributed by atoms with Gasteiger partial charge in [0.2, 0.25) is 12.1 Å². The van der Waals surface area contributed by atoms with Crippen molar-refractivity contribution in [1.82, 2.24) is 15.2 Å². The normalized spacial score (nSPS) is 29.3. The Bertz CT molecular complexity index is 1610. The van der Waals surface area contributed by atoms with E-state index in [2.05, 4.69) is 53.9 Å². The molecule has 6 heteroatoms. The molecule has 6 atom stereocenters. The molecule has 2 aromatic rings. The topological polar surface area (TPSA) is 48.2 Å². The quantitative estimate of drug-likeness (QED) is 0.265. The minimum Gasteiger partial charge on any atom is -0.334 e. The van der Waals surface area contributed by atoms with Crippen LogP contribution in [0.5, 0.6) is 0 Å². The lowest BCUT2D eigenvalue weighted by Crippen LogP contribution is -2.38. The number of carbonyl (C=O) groups is 1. The van der Waals surface area contributed by atoms with Crippen LogP contribution in [0.25, 0.3) is 16.7 Å². The molecular weight excluding hydrogens is 523 g/mol. The highest BCUT2D eigenvalue weighted by molar-refractivity contribution is 6.12. The van der Waals surface area contributed by atoms with E-state index in [0.29, 0.717) is 43.0 Å². The molecule has 8 rings (SSSR count). The van der Waals surface area contributed by atoms with Gasteiger partial charge in [0.25, 0.3) is 5.91 Å². The Balaban J connectivity index is 1.06. The van der Waals surface area contributed by atoms with Gasteiger partial charge in [-0.05, 0) is 110 Å².